The lowest BCUT2D eigenvalue weighted by atomic mass is 9.72. The van der Waals surface area contributed by atoms with Crippen molar-refractivity contribution in [3.8, 4) is 0 Å². The molecule has 108 valence electrons. The summed E-state index contributed by atoms with van der Waals surface area (Å²) in [6, 6.07) is 8.18. The van der Waals surface area contributed by atoms with Crippen molar-refractivity contribution in [1.82, 2.24) is 14.8 Å². The van der Waals surface area contributed by atoms with Gasteiger partial charge in [-0.25, -0.2) is 9.67 Å². The largest absolute Gasteiger partial charge is 0.383 e. The molecular weight excluding hydrogens is 250 g/mol. The molecule has 0 saturated heterocycles. The first-order chi connectivity index (χ1) is 9.37. The second kappa shape index (κ2) is 5.37. The monoisotopic (exact) mass is 273 g/mol. The molecule has 4 nitrogen and oxygen atoms in total. The number of hydrogen-bond donors (Lipinski definition) is 1. The van der Waals surface area contributed by atoms with Gasteiger partial charge in [0.25, 0.3) is 0 Å². The first-order valence-electron chi connectivity index (χ1n) is 7.01. The van der Waals surface area contributed by atoms with Crippen molar-refractivity contribution in [2.75, 3.05) is 0 Å². The average molecular weight is 273 g/mol. The molecule has 0 aliphatic carbocycles. The average Bonchev–Trinajstić information content (AvgIpc) is 2.90. The molecule has 20 heavy (non-hydrogen) atoms. The molecule has 0 fully saturated rings. The van der Waals surface area contributed by atoms with Gasteiger partial charge in [-0.05, 0) is 23.0 Å². The topological polar surface area (TPSA) is 50.9 Å². The Kier molecular flexibility index (Phi) is 3.95. The summed E-state index contributed by atoms with van der Waals surface area (Å²) in [5.41, 5.74) is 0.878. The standard InChI is InChI=1S/C16H23N3O/c1-5-13-6-8-14(9-7-13)16(20,15(2,3)4)10-19-12-17-11-18-19/h6-9,11-12,20H,5,10H2,1-4H3. The second-order valence-corrected chi connectivity index (χ2v) is 6.25. The highest BCUT2D eigenvalue weighted by molar-refractivity contribution is 5.28. The number of aryl methyl sites for hydroxylation is 1. The van der Waals surface area contributed by atoms with Crippen LogP contribution in [0.2, 0.25) is 0 Å². The minimum Gasteiger partial charge on any atom is -0.383 e. The van der Waals surface area contributed by atoms with Crippen molar-refractivity contribution >= 4 is 0 Å². The Balaban J connectivity index is 2.40. The van der Waals surface area contributed by atoms with E-state index in [1.807, 2.05) is 32.9 Å². The lowest BCUT2D eigenvalue weighted by Crippen LogP contribution is -2.44. The van der Waals surface area contributed by atoms with Crippen LogP contribution in [0.1, 0.15) is 38.8 Å². The molecular formula is C16H23N3O. The fourth-order valence-electron chi connectivity index (χ4n) is 2.33. The molecule has 1 atom stereocenters. The van der Waals surface area contributed by atoms with Gasteiger partial charge in [0.1, 0.15) is 18.3 Å². The predicted molar refractivity (Wildman–Crippen MR) is 79.2 cm³/mol. The maximum atomic E-state index is 11.3. The van der Waals surface area contributed by atoms with Crippen LogP contribution in [-0.2, 0) is 18.6 Å². The molecule has 1 aromatic carbocycles. The minimum atomic E-state index is -0.993. The highest BCUT2D eigenvalue weighted by atomic mass is 16.3. The number of benzene rings is 1. The predicted octanol–water partition coefficient (Wildman–Crippen LogP) is 2.77. The first-order valence-corrected chi connectivity index (χ1v) is 7.01. The van der Waals surface area contributed by atoms with E-state index in [1.54, 1.807) is 11.0 Å². The van der Waals surface area contributed by atoms with Gasteiger partial charge < -0.3 is 5.11 Å². The summed E-state index contributed by atoms with van der Waals surface area (Å²) in [5, 5.41) is 15.4. The van der Waals surface area contributed by atoms with Crippen LogP contribution in [-0.4, -0.2) is 19.9 Å². The summed E-state index contributed by atoms with van der Waals surface area (Å²) in [4.78, 5) is 3.95. The van der Waals surface area contributed by atoms with Gasteiger partial charge in [-0.1, -0.05) is 52.0 Å². The molecule has 0 amide bonds. The van der Waals surface area contributed by atoms with Crippen LogP contribution in [0.3, 0.4) is 0 Å². The molecule has 0 aliphatic heterocycles. The van der Waals surface area contributed by atoms with Gasteiger partial charge >= 0.3 is 0 Å². The summed E-state index contributed by atoms with van der Waals surface area (Å²) in [5.74, 6) is 0. The van der Waals surface area contributed by atoms with Crippen LogP contribution >= 0.6 is 0 Å². The minimum absolute atomic E-state index is 0.313. The summed E-state index contributed by atoms with van der Waals surface area (Å²) >= 11 is 0. The molecule has 4 heteroatoms. The van der Waals surface area contributed by atoms with Gasteiger partial charge in [-0.3, -0.25) is 0 Å². The fourth-order valence-corrected chi connectivity index (χ4v) is 2.33. The zero-order chi connectivity index (χ0) is 14.8. The van der Waals surface area contributed by atoms with E-state index in [2.05, 4.69) is 29.1 Å². The van der Waals surface area contributed by atoms with Crippen LogP contribution in [0.5, 0.6) is 0 Å². The number of aromatic nitrogens is 3. The summed E-state index contributed by atoms with van der Waals surface area (Å²) in [6.07, 6.45) is 4.12. The molecule has 0 radical (unpaired) electrons. The van der Waals surface area contributed by atoms with Crippen molar-refractivity contribution in [2.45, 2.75) is 46.3 Å². The second-order valence-electron chi connectivity index (χ2n) is 6.25. The van der Waals surface area contributed by atoms with Gasteiger partial charge in [0.15, 0.2) is 0 Å². The lowest BCUT2D eigenvalue weighted by molar-refractivity contribution is -0.0804. The number of rotatable bonds is 4. The Labute approximate surface area is 120 Å². The summed E-state index contributed by atoms with van der Waals surface area (Å²) in [6.45, 7) is 8.63. The zero-order valence-corrected chi connectivity index (χ0v) is 12.7. The molecule has 2 rings (SSSR count). The molecule has 0 saturated carbocycles. The highest BCUT2D eigenvalue weighted by Gasteiger charge is 2.42. The Bertz CT molecular complexity index is 540. The van der Waals surface area contributed by atoms with Crippen molar-refractivity contribution in [2.24, 2.45) is 5.41 Å². The normalized spacial score (nSPS) is 15.1. The lowest BCUT2D eigenvalue weighted by Gasteiger charge is -2.40. The molecule has 0 aliphatic rings. The Morgan fingerprint density at radius 1 is 1.15 bits per heavy atom. The van der Waals surface area contributed by atoms with Gasteiger partial charge in [0, 0.05) is 0 Å². The van der Waals surface area contributed by atoms with E-state index >= 15 is 0 Å². The van der Waals surface area contributed by atoms with Gasteiger partial charge in [0.2, 0.25) is 0 Å². The van der Waals surface area contributed by atoms with E-state index in [4.69, 9.17) is 0 Å². The molecule has 0 bridgehead atoms. The third-order valence-corrected chi connectivity index (χ3v) is 3.94. The molecule has 2 aromatic rings. The molecule has 1 aromatic heterocycles. The Morgan fingerprint density at radius 3 is 2.25 bits per heavy atom. The zero-order valence-electron chi connectivity index (χ0n) is 12.7. The van der Waals surface area contributed by atoms with Gasteiger partial charge in [0.05, 0.1) is 6.54 Å². The maximum absolute atomic E-state index is 11.3. The fraction of sp³-hybridized carbons (Fsp3) is 0.500. The highest BCUT2D eigenvalue weighted by Crippen LogP contribution is 2.40. The van der Waals surface area contributed by atoms with Gasteiger partial charge in [-0.15, -0.1) is 0 Å². The van der Waals surface area contributed by atoms with E-state index in [1.165, 1.54) is 11.9 Å². The Hall–Kier alpha value is -1.68. The van der Waals surface area contributed by atoms with E-state index in [0.29, 0.717) is 6.54 Å². The third-order valence-electron chi connectivity index (χ3n) is 3.94. The third kappa shape index (κ3) is 2.75. The van der Waals surface area contributed by atoms with Gasteiger partial charge in [-0.2, -0.15) is 5.10 Å². The number of nitrogens with zero attached hydrogens (tertiary/aromatic N) is 3. The molecule has 1 heterocycles. The van der Waals surface area contributed by atoms with E-state index < -0.39 is 5.60 Å². The molecule has 0 spiro atoms. The smallest absolute Gasteiger partial charge is 0.137 e. The van der Waals surface area contributed by atoms with Crippen LogP contribution in [0, 0.1) is 5.41 Å². The summed E-state index contributed by atoms with van der Waals surface area (Å²) in [7, 11) is 0. The van der Waals surface area contributed by atoms with Crippen molar-refractivity contribution in [3.05, 3.63) is 48.0 Å². The van der Waals surface area contributed by atoms with E-state index in [-0.39, 0.29) is 5.41 Å². The number of aliphatic hydroxyl groups is 1. The van der Waals surface area contributed by atoms with E-state index in [9.17, 15) is 5.11 Å². The Morgan fingerprint density at radius 2 is 1.80 bits per heavy atom. The number of hydrogen-bond acceptors (Lipinski definition) is 3. The van der Waals surface area contributed by atoms with Crippen LogP contribution in [0.15, 0.2) is 36.9 Å². The van der Waals surface area contributed by atoms with Crippen LogP contribution in [0.4, 0.5) is 0 Å². The van der Waals surface area contributed by atoms with Crippen molar-refractivity contribution in [3.63, 3.8) is 0 Å². The molecule has 1 unspecified atom stereocenters. The van der Waals surface area contributed by atoms with Crippen LogP contribution < -0.4 is 0 Å². The maximum Gasteiger partial charge on any atom is 0.137 e. The SMILES string of the molecule is CCc1ccc(C(O)(Cn2cncn2)C(C)(C)C)cc1. The molecule has 1 N–H and O–H groups in total. The van der Waals surface area contributed by atoms with E-state index in [0.717, 1.165) is 12.0 Å². The van der Waals surface area contributed by atoms with Crippen LogP contribution in [0.25, 0.3) is 0 Å². The quantitative estimate of drug-likeness (QED) is 0.932. The van der Waals surface area contributed by atoms with Crippen molar-refractivity contribution in [1.29, 1.82) is 0 Å². The summed E-state index contributed by atoms with van der Waals surface area (Å²) < 4.78 is 1.68. The van der Waals surface area contributed by atoms with Crippen molar-refractivity contribution < 1.29 is 5.11 Å². The first kappa shape index (κ1) is 14.7.